The maximum Gasteiger partial charge on any atom is 0.317 e. The van der Waals surface area contributed by atoms with E-state index in [1.54, 1.807) is 19.0 Å². The Hall–Kier alpha value is -0.770. The fourth-order valence-electron chi connectivity index (χ4n) is 2.25. The smallest absolute Gasteiger partial charge is 0.317 e. The molecule has 2 heterocycles. The highest BCUT2D eigenvalue weighted by atomic mass is 16.2. The molecule has 3 fully saturated rings. The Balaban J connectivity index is 1.86. The van der Waals surface area contributed by atoms with E-state index in [4.69, 9.17) is 0 Å². The highest BCUT2D eigenvalue weighted by Crippen LogP contribution is 2.36. The van der Waals surface area contributed by atoms with Crippen molar-refractivity contribution in [2.75, 3.05) is 27.2 Å². The van der Waals surface area contributed by atoms with Crippen LogP contribution in [0.3, 0.4) is 0 Å². The fraction of sp³-hybridized carbons (Fsp3) is 0.889. The Morgan fingerprint density at radius 3 is 2.46 bits per heavy atom. The van der Waals surface area contributed by atoms with Crippen molar-refractivity contribution in [3.63, 3.8) is 0 Å². The van der Waals surface area contributed by atoms with E-state index < -0.39 is 0 Å². The first-order chi connectivity index (χ1) is 6.18. The Morgan fingerprint density at radius 2 is 2.00 bits per heavy atom. The first-order valence-electron chi connectivity index (χ1n) is 4.87. The second-order valence-electron chi connectivity index (χ2n) is 4.28. The highest BCUT2D eigenvalue weighted by molar-refractivity contribution is 5.74. The third kappa shape index (κ3) is 1.50. The number of nitrogens with zero attached hydrogens (tertiary/aromatic N) is 1. The van der Waals surface area contributed by atoms with Crippen molar-refractivity contribution < 1.29 is 4.79 Å². The molecule has 2 saturated heterocycles. The predicted molar refractivity (Wildman–Crippen MR) is 50.5 cm³/mol. The molecule has 0 radical (unpaired) electrons. The summed E-state index contributed by atoms with van der Waals surface area (Å²) in [4.78, 5) is 13.0. The molecule has 3 rings (SSSR count). The fourth-order valence-corrected chi connectivity index (χ4v) is 2.25. The Labute approximate surface area is 78.7 Å². The van der Waals surface area contributed by atoms with Gasteiger partial charge in [0.05, 0.1) is 0 Å². The molecule has 1 aliphatic carbocycles. The summed E-state index contributed by atoms with van der Waals surface area (Å²) in [6.07, 6.45) is 1.28. The minimum Gasteiger partial charge on any atom is -0.335 e. The standard InChI is InChI=1S/C9H17N3O/c1-12(2)9(13)11-8-6-3-7(8)5-10-4-6/h6-8,10H,3-5H2,1-2H3,(H,11,13). The quantitative estimate of drug-likeness (QED) is 0.594. The number of fused-ring (bicyclic) bond motifs is 2. The SMILES string of the molecule is CN(C)C(=O)NC1C2CNCC1C2. The maximum atomic E-state index is 11.4. The van der Waals surface area contributed by atoms with E-state index in [0.29, 0.717) is 17.9 Å². The molecule has 0 aromatic carbocycles. The Bertz CT molecular complexity index is 203. The molecule has 1 saturated carbocycles. The van der Waals surface area contributed by atoms with Crippen molar-refractivity contribution >= 4 is 6.03 Å². The van der Waals surface area contributed by atoms with Gasteiger partial charge in [-0.25, -0.2) is 4.79 Å². The molecule has 2 bridgehead atoms. The van der Waals surface area contributed by atoms with Gasteiger partial charge in [0.15, 0.2) is 0 Å². The summed E-state index contributed by atoms with van der Waals surface area (Å²) >= 11 is 0. The number of rotatable bonds is 1. The van der Waals surface area contributed by atoms with E-state index in [1.165, 1.54) is 6.42 Å². The van der Waals surface area contributed by atoms with Gasteiger partial charge in [0, 0.05) is 20.1 Å². The number of nitrogens with one attached hydrogen (secondary N) is 2. The molecule has 2 N–H and O–H groups in total. The largest absolute Gasteiger partial charge is 0.335 e. The lowest BCUT2D eigenvalue weighted by Crippen LogP contribution is -2.64. The van der Waals surface area contributed by atoms with E-state index in [-0.39, 0.29) is 6.03 Å². The van der Waals surface area contributed by atoms with Gasteiger partial charge < -0.3 is 15.5 Å². The van der Waals surface area contributed by atoms with Gasteiger partial charge in [0.1, 0.15) is 0 Å². The molecule has 0 aromatic heterocycles. The first kappa shape index (κ1) is 8.81. The van der Waals surface area contributed by atoms with Crippen LogP contribution in [0.5, 0.6) is 0 Å². The number of carbonyl (C=O) groups is 1. The molecule has 13 heavy (non-hydrogen) atoms. The van der Waals surface area contributed by atoms with Crippen LogP contribution in [0, 0.1) is 11.8 Å². The zero-order chi connectivity index (χ0) is 9.42. The molecular formula is C9H17N3O. The lowest BCUT2D eigenvalue weighted by molar-refractivity contribution is 0.0700. The molecule has 4 heteroatoms. The van der Waals surface area contributed by atoms with Crippen LogP contribution >= 0.6 is 0 Å². The Morgan fingerprint density at radius 1 is 1.38 bits per heavy atom. The van der Waals surface area contributed by atoms with Crippen molar-refractivity contribution in [3.8, 4) is 0 Å². The number of carbonyl (C=O) groups excluding carboxylic acids is 1. The second kappa shape index (κ2) is 3.18. The zero-order valence-electron chi connectivity index (χ0n) is 8.21. The van der Waals surface area contributed by atoms with Gasteiger partial charge in [-0.1, -0.05) is 0 Å². The second-order valence-corrected chi connectivity index (χ2v) is 4.28. The van der Waals surface area contributed by atoms with Gasteiger partial charge in [-0.2, -0.15) is 0 Å². The average Bonchev–Trinajstić information content (AvgIpc) is 2.14. The van der Waals surface area contributed by atoms with E-state index in [0.717, 1.165) is 13.1 Å². The lowest BCUT2D eigenvalue weighted by Gasteiger charge is -2.50. The lowest BCUT2D eigenvalue weighted by atomic mass is 9.67. The molecule has 74 valence electrons. The summed E-state index contributed by atoms with van der Waals surface area (Å²) in [7, 11) is 3.56. The van der Waals surface area contributed by atoms with Crippen LogP contribution in [0.1, 0.15) is 6.42 Å². The van der Waals surface area contributed by atoms with E-state index in [2.05, 4.69) is 10.6 Å². The van der Waals surface area contributed by atoms with E-state index in [1.807, 2.05) is 0 Å². The molecule has 2 atom stereocenters. The zero-order valence-corrected chi connectivity index (χ0v) is 8.21. The van der Waals surface area contributed by atoms with Gasteiger partial charge in [-0.15, -0.1) is 0 Å². The van der Waals surface area contributed by atoms with Crippen molar-refractivity contribution in [1.82, 2.24) is 15.5 Å². The molecule has 0 aromatic rings. The Kier molecular flexibility index (Phi) is 2.15. The van der Waals surface area contributed by atoms with E-state index in [9.17, 15) is 4.79 Å². The number of urea groups is 1. The minimum absolute atomic E-state index is 0.0431. The predicted octanol–water partition coefficient (Wildman–Crippen LogP) is -0.135. The summed E-state index contributed by atoms with van der Waals surface area (Å²) in [5.41, 5.74) is 0. The van der Waals surface area contributed by atoms with Gasteiger partial charge in [-0.05, 0) is 31.3 Å². The van der Waals surface area contributed by atoms with Crippen LogP contribution in [-0.2, 0) is 0 Å². The third-order valence-electron chi connectivity index (χ3n) is 3.13. The summed E-state index contributed by atoms with van der Waals surface area (Å²) in [5, 5.41) is 6.42. The number of hydrogen-bond donors (Lipinski definition) is 2. The van der Waals surface area contributed by atoms with Crippen LogP contribution in [-0.4, -0.2) is 44.2 Å². The highest BCUT2D eigenvalue weighted by Gasteiger charge is 2.44. The third-order valence-corrected chi connectivity index (χ3v) is 3.13. The number of piperidine rings is 2. The van der Waals surface area contributed by atoms with Crippen LogP contribution in [0.15, 0.2) is 0 Å². The van der Waals surface area contributed by atoms with Gasteiger partial charge >= 0.3 is 6.03 Å². The van der Waals surface area contributed by atoms with Crippen LogP contribution in [0.4, 0.5) is 4.79 Å². The molecule has 3 aliphatic rings. The summed E-state index contributed by atoms with van der Waals surface area (Å²) < 4.78 is 0. The summed E-state index contributed by atoms with van der Waals surface area (Å²) in [6, 6.07) is 0.470. The number of hydrogen-bond acceptors (Lipinski definition) is 2. The molecular weight excluding hydrogens is 166 g/mol. The van der Waals surface area contributed by atoms with Gasteiger partial charge in [-0.3, -0.25) is 0 Å². The minimum atomic E-state index is 0.0431. The summed E-state index contributed by atoms with van der Waals surface area (Å²) in [6.45, 7) is 2.13. The monoisotopic (exact) mass is 183 g/mol. The van der Waals surface area contributed by atoms with Crippen molar-refractivity contribution in [3.05, 3.63) is 0 Å². The first-order valence-corrected chi connectivity index (χ1v) is 4.87. The van der Waals surface area contributed by atoms with Crippen LogP contribution in [0.25, 0.3) is 0 Å². The normalized spacial score (nSPS) is 36.3. The van der Waals surface area contributed by atoms with Crippen molar-refractivity contribution in [1.29, 1.82) is 0 Å². The van der Waals surface area contributed by atoms with Gasteiger partial charge in [0.2, 0.25) is 0 Å². The molecule has 2 aliphatic heterocycles. The molecule has 2 amide bonds. The van der Waals surface area contributed by atoms with Crippen LogP contribution in [0.2, 0.25) is 0 Å². The number of amides is 2. The molecule has 4 nitrogen and oxygen atoms in total. The molecule has 2 unspecified atom stereocenters. The van der Waals surface area contributed by atoms with Crippen LogP contribution < -0.4 is 10.6 Å². The van der Waals surface area contributed by atoms with Crippen molar-refractivity contribution in [2.45, 2.75) is 12.5 Å². The maximum absolute atomic E-state index is 11.4. The van der Waals surface area contributed by atoms with Crippen molar-refractivity contribution in [2.24, 2.45) is 11.8 Å². The molecule has 0 spiro atoms. The average molecular weight is 183 g/mol. The topological polar surface area (TPSA) is 44.4 Å². The summed E-state index contributed by atoms with van der Waals surface area (Å²) in [5.74, 6) is 1.34. The van der Waals surface area contributed by atoms with Gasteiger partial charge in [0.25, 0.3) is 0 Å². The van der Waals surface area contributed by atoms with E-state index >= 15 is 0 Å².